The van der Waals surface area contributed by atoms with Gasteiger partial charge >= 0.3 is 22.1 Å². The maximum Gasteiger partial charge on any atom is 0.341 e. The summed E-state index contributed by atoms with van der Waals surface area (Å²) in [5.41, 5.74) is 2.54. The third-order valence-corrected chi connectivity index (χ3v) is 6.41. The van der Waals surface area contributed by atoms with E-state index in [4.69, 9.17) is 8.92 Å². The van der Waals surface area contributed by atoms with Crippen LogP contribution in [0.25, 0.3) is 0 Å². The first-order valence-electron chi connectivity index (χ1n) is 10.8. The minimum Gasteiger partial charge on any atom is -0.465 e. The van der Waals surface area contributed by atoms with Crippen LogP contribution in [0.15, 0.2) is 71.6 Å². The number of aryl methyl sites for hydroxylation is 1. The Balaban J connectivity index is 1.86. The van der Waals surface area contributed by atoms with Crippen LogP contribution < -0.4 is 14.8 Å². The number of urea groups is 1. The van der Waals surface area contributed by atoms with Crippen molar-refractivity contribution in [2.45, 2.75) is 38.0 Å². The third-order valence-electron chi connectivity index (χ3n) is 5.16. The van der Waals surface area contributed by atoms with E-state index in [0.29, 0.717) is 5.69 Å². The van der Waals surface area contributed by atoms with Gasteiger partial charge in [-0.1, -0.05) is 50.6 Å². The Hall–Kier alpha value is -3.85. The Morgan fingerprint density at radius 2 is 1.40 bits per heavy atom. The molecule has 0 atom stereocenters. The fourth-order valence-corrected chi connectivity index (χ4v) is 4.11. The van der Waals surface area contributed by atoms with Crippen molar-refractivity contribution in [1.29, 1.82) is 0 Å². The second-order valence-corrected chi connectivity index (χ2v) is 10.5. The van der Waals surface area contributed by atoms with Gasteiger partial charge in [0, 0.05) is 17.4 Å². The Labute approximate surface area is 205 Å². The largest absolute Gasteiger partial charge is 0.465 e. The maximum atomic E-state index is 13.0. The summed E-state index contributed by atoms with van der Waals surface area (Å²) >= 11 is 0. The van der Waals surface area contributed by atoms with Crippen molar-refractivity contribution in [3.63, 3.8) is 0 Å². The first-order valence-corrected chi connectivity index (χ1v) is 12.2. The topological polar surface area (TPSA) is 111 Å². The van der Waals surface area contributed by atoms with Crippen molar-refractivity contribution in [2.24, 2.45) is 0 Å². The minimum absolute atomic E-state index is 0.0724. The number of benzene rings is 3. The average molecular weight is 497 g/mol. The quantitative estimate of drug-likeness (QED) is 0.345. The summed E-state index contributed by atoms with van der Waals surface area (Å²) < 4.78 is 36.0. The molecule has 0 bridgehead atoms. The van der Waals surface area contributed by atoms with Crippen molar-refractivity contribution in [1.82, 2.24) is 0 Å². The number of rotatable bonds is 6. The molecule has 2 amide bonds. The normalized spacial score (nSPS) is 11.5. The third kappa shape index (κ3) is 6.60. The van der Waals surface area contributed by atoms with Gasteiger partial charge in [0.15, 0.2) is 5.75 Å². The molecule has 0 fully saturated rings. The molecule has 184 valence electrons. The predicted molar refractivity (Wildman–Crippen MR) is 135 cm³/mol. The second kappa shape index (κ2) is 10.2. The van der Waals surface area contributed by atoms with E-state index in [-0.39, 0.29) is 27.3 Å². The van der Waals surface area contributed by atoms with Crippen LogP contribution in [0.1, 0.15) is 42.3 Å². The minimum atomic E-state index is -4.27. The molecule has 0 aliphatic heterocycles. The first kappa shape index (κ1) is 25.8. The van der Waals surface area contributed by atoms with E-state index in [1.165, 1.54) is 37.4 Å². The molecule has 0 spiro atoms. The van der Waals surface area contributed by atoms with Crippen LogP contribution in [0.3, 0.4) is 0 Å². The molecule has 3 aromatic rings. The fourth-order valence-electron chi connectivity index (χ4n) is 3.17. The van der Waals surface area contributed by atoms with Gasteiger partial charge in [0.1, 0.15) is 10.5 Å². The molecule has 35 heavy (non-hydrogen) atoms. The molecule has 0 aromatic heterocycles. The molecule has 0 saturated carbocycles. The van der Waals surface area contributed by atoms with Crippen molar-refractivity contribution < 1.29 is 26.9 Å². The number of anilines is 2. The number of methoxy groups -OCH3 is 1. The number of carbonyl (C=O) groups excluding carboxylic acids is 2. The van der Waals surface area contributed by atoms with Gasteiger partial charge in [0.2, 0.25) is 0 Å². The molecule has 2 N–H and O–H groups in total. The van der Waals surface area contributed by atoms with E-state index < -0.39 is 22.1 Å². The van der Waals surface area contributed by atoms with E-state index in [0.717, 1.165) is 11.1 Å². The van der Waals surface area contributed by atoms with Gasteiger partial charge in [0.25, 0.3) is 0 Å². The highest BCUT2D eigenvalue weighted by Crippen LogP contribution is 2.29. The summed E-state index contributed by atoms with van der Waals surface area (Å²) in [6.07, 6.45) is 0. The highest BCUT2D eigenvalue weighted by Gasteiger charge is 2.23. The second-order valence-electron chi connectivity index (χ2n) is 8.96. The molecule has 0 aliphatic rings. The highest BCUT2D eigenvalue weighted by atomic mass is 32.2. The summed E-state index contributed by atoms with van der Waals surface area (Å²) in [7, 11) is -3.10. The molecule has 0 saturated heterocycles. The van der Waals surface area contributed by atoms with Crippen molar-refractivity contribution in [3.05, 3.63) is 83.4 Å². The van der Waals surface area contributed by atoms with Gasteiger partial charge in [-0.05, 0) is 54.3 Å². The molecule has 0 radical (unpaired) electrons. The van der Waals surface area contributed by atoms with Gasteiger partial charge in [-0.3, -0.25) is 0 Å². The van der Waals surface area contributed by atoms with E-state index >= 15 is 0 Å². The lowest BCUT2D eigenvalue weighted by Gasteiger charge is -2.19. The smallest absolute Gasteiger partial charge is 0.341 e. The summed E-state index contributed by atoms with van der Waals surface area (Å²) in [6, 6.07) is 17.0. The van der Waals surface area contributed by atoms with Crippen LogP contribution in [-0.2, 0) is 20.3 Å². The van der Waals surface area contributed by atoms with Gasteiger partial charge in [-0.25, -0.2) is 9.59 Å². The number of esters is 1. The number of ether oxygens (including phenoxy) is 1. The van der Waals surface area contributed by atoms with Crippen LogP contribution in [0.5, 0.6) is 5.75 Å². The SMILES string of the molecule is COC(=O)c1ccc(NC(=O)Nc2ccc(C)cc2)cc1OS(=O)(=O)c1ccc(C(C)(C)C)cc1. The lowest BCUT2D eigenvalue weighted by Crippen LogP contribution is -2.20. The summed E-state index contributed by atoms with van der Waals surface area (Å²) in [5, 5.41) is 5.28. The zero-order valence-corrected chi connectivity index (χ0v) is 21.0. The number of nitrogens with one attached hydrogen (secondary N) is 2. The van der Waals surface area contributed by atoms with Gasteiger partial charge in [-0.2, -0.15) is 8.42 Å². The van der Waals surface area contributed by atoms with Crippen LogP contribution in [0, 0.1) is 6.92 Å². The van der Waals surface area contributed by atoms with Crippen LogP contribution in [-0.4, -0.2) is 27.5 Å². The van der Waals surface area contributed by atoms with Gasteiger partial charge in [0.05, 0.1) is 7.11 Å². The molecule has 0 unspecified atom stereocenters. The lowest BCUT2D eigenvalue weighted by molar-refractivity contribution is 0.0599. The Morgan fingerprint density at radius 1 is 0.829 bits per heavy atom. The summed E-state index contributed by atoms with van der Waals surface area (Å²) in [6.45, 7) is 7.98. The highest BCUT2D eigenvalue weighted by molar-refractivity contribution is 7.87. The molecule has 3 aromatic carbocycles. The number of hydrogen-bond acceptors (Lipinski definition) is 6. The number of carbonyl (C=O) groups is 2. The van der Waals surface area contributed by atoms with Crippen molar-refractivity contribution in [2.75, 3.05) is 17.7 Å². The van der Waals surface area contributed by atoms with Gasteiger partial charge in [-0.15, -0.1) is 0 Å². The summed E-state index contributed by atoms with van der Waals surface area (Å²) in [5.74, 6) is -1.06. The average Bonchev–Trinajstić information content (AvgIpc) is 2.79. The molecule has 8 nitrogen and oxygen atoms in total. The molecular formula is C26H28N2O6S. The lowest BCUT2D eigenvalue weighted by atomic mass is 9.87. The Kier molecular flexibility index (Phi) is 7.50. The van der Waals surface area contributed by atoms with E-state index in [9.17, 15) is 18.0 Å². The van der Waals surface area contributed by atoms with E-state index in [1.54, 1.807) is 24.3 Å². The molecule has 9 heteroatoms. The monoisotopic (exact) mass is 496 g/mol. The molecule has 3 rings (SSSR count). The van der Waals surface area contributed by atoms with Crippen molar-refractivity contribution >= 4 is 33.5 Å². The van der Waals surface area contributed by atoms with E-state index in [1.807, 2.05) is 39.8 Å². The Bertz CT molecular complexity index is 1330. The maximum absolute atomic E-state index is 13.0. The fraction of sp³-hybridized carbons (Fsp3) is 0.231. The zero-order chi connectivity index (χ0) is 25.8. The van der Waals surface area contributed by atoms with Crippen LogP contribution >= 0.6 is 0 Å². The first-order chi connectivity index (χ1) is 16.4. The Morgan fingerprint density at radius 3 is 1.97 bits per heavy atom. The van der Waals surface area contributed by atoms with Crippen LogP contribution in [0.4, 0.5) is 16.2 Å². The summed E-state index contributed by atoms with van der Waals surface area (Å²) in [4.78, 5) is 24.5. The molecule has 0 heterocycles. The van der Waals surface area contributed by atoms with Gasteiger partial charge < -0.3 is 19.6 Å². The van der Waals surface area contributed by atoms with Crippen molar-refractivity contribution in [3.8, 4) is 5.75 Å². The zero-order valence-electron chi connectivity index (χ0n) is 20.2. The molecular weight excluding hydrogens is 468 g/mol. The number of amides is 2. The predicted octanol–water partition coefficient (Wildman–Crippen LogP) is 5.49. The number of hydrogen-bond donors (Lipinski definition) is 2. The van der Waals surface area contributed by atoms with E-state index in [2.05, 4.69) is 10.6 Å². The standard InChI is InChI=1S/C26H28N2O6S/c1-17-6-10-19(11-7-17)27-25(30)28-20-12-15-22(24(29)33-5)23(16-20)34-35(31,32)21-13-8-18(9-14-21)26(2,3)4/h6-16H,1-5H3,(H2,27,28,30). The van der Waals surface area contributed by atoms with Crippen LogP contribution in [0.2, 0.25) is 0 Å². The molecule has 0 aliphatic carbocycles.